The predicted molar refractivity (Wildman–Crippen MR) is 146 cm³/mol. The van der Waals surface area contributed by atoms with E-state index in [0.717, 1.165) is 34.5 Å². The molecule has 0 saturated heterocycles. The van der Waals surface area contributed by atoms with Gasteiger partial charge in [-0.2, -0.15) is 0 Å². The number of ketones is 1. The number of hydrogen-bond acceptors (Lipinski definition) is 7. The van der Waals surface area contributed by atoms with Crippen LogP contribution in [0.4, 0.5) is 0 Å². The predicted octanol–water partition coefficient (Wildman–Crippen LogP) is 5.35. The van der Waals surface area contributed by atoms with Crippen LogP contribution in [-0.2, 0) is 25.9 Å². The lowest BCUT2D eigenvalue weighted by Gasteiger charge is -2.29. The third-order valence-corrected chi connectivity index (χ3v) is 7.23. The van der Waals surface area contributed by atoms with Gasteiger partial charge < -0.3 is 34.9 Å². The van der Waals surface area contributed by atoms with Gasteiger partial charge in [-0.1, -0.05) is 43.3 Å². The van der Waals surface area contributed by atoms with Crippen molar-refractivity contribution >= 4 is 5.78 Å². The van der Waals surface area contributed by atoms with Crippen molar-refractivity contribution in [3.63, 3.8) is 0 Å². The van der Waals surface area contributed by atoms with Crippen LogP contribution in [0.15, 0.2) is 54.6 Å². The van der Waals surface area contributed by atoms with E-state index in [9.17, 15) is 25.2 Å². The van der Waals surface area contributed by atoms with E-state index in [2.05, 4.69) is 4.98 Å². The van der Waals surface area contributed by atoms with Crippen molar-refractivity contribution in [3.8, 4) is 39.9 Å². The van der Waals surface area contributed by atoms with E-state index in [1.54, 1.807) is 12.1 Å². The van der Waals surface area contributed by atoms with Crippen molar-refractivity contribution in [2.75, 3.05) is 7.11 Å². The first kappa shape index (κ1) is 26.2. The Kier molecular flexibility index (Phi) is 7.21. The number of aromatic hydroxyl groups is 3. The van der Waals surface area contributed by atoms with Crippen molar-refractivity contribution in [2.45, 2.75) is 45.3 Å². The number of aromatic amines is 1. The van der Waals surface area contributed by atoms with E-state index >= 15 is 0 Å². The molecule has 0 bridgehead atoms. The number of fused-ring (bicyclic) bond motifs is 1. The molecule has 8 heteroatoms. The van der Waals surface area contributed by atoms with E-state index < -0.39 is 11.9 Å². The van der Waals surface area contributed by atoms with Gasteiger partial charge in [-0.05, 0) is 54.2 Å². The number of carbonyl (C=O) groups excluding carboxylic acids is 1. The van der Waals surface area contributed by atoms with Crippen LogP contribution in [0.25, 0.3) is 11.1 Å². The Morgan fingerprint density at radius 3 is 2.49 bits per heavy atom. The van der Waals surface area contributed by atoms with Gasteiger partial charge in [-0.15, -0.1) is 0 Å². The van der Waals surface area contributed by atoms with Crippen molar-refractivity contribution < 1.29 is 34.7 Å². The van der Waals surface area contributed by atoms with Crippen LogP contribution < -0.4 is 9.47 Å². The van der Waals surface area contributed by atoms with Crippen LogP contribution in [0.3, 0.4) is 0 Å². The lowest BCUT2D eigenvalue weighted by Crippen LogP contribution is -2.22. The van der Waals surface area contributed by atoms with Crippen LogP contribution >= 0.6 is 0 Å². The Bertz CT molecular complexity index is 1520. The molecule has 0 spiro atoms. The first-order chi connectivity index (χ1) is 18.8. The van der Waals surface area contributed by atoms with Crippen LogP contribution in [-0.4, -0.2) is 38.3 Å². The highest BCUT2D eigenvalue weighted by atomic mass is 16.5. The fourth-order valence-electron chi connectivity index (χ4n) is 5.17. The molecule has 1 atom stereocenters. The number of phenolic OH excluding ortho intramolecular Hbond substituents is 3. The number of aliphatic hydroxyl groups excluding tert-OH is 1. The molecule has 0 amide bonds. The summed E-state index contributed by atoms with van der Waals surface area (Å²) < 4.78 is 11.5. The number of aryl methyl sites for hydroxylation is 2. The van der Waals surface area contributed by atoms with Gasteiger partial charge in [0.2, 0.25) is 5.75 Å². The lowest BCUT2D eigenvalue weighted by molar-refractivity contribution is 0.0840. The molecule has 202 valence electrons. The molecule has 4 aromatic rings. The maximum absolute atomic E-state index is 13.2. The second-order valence-electron chi connectivity index (χ2n) is 9.64. The van der Waals surface area contributed by atoms with E-state index in [1.165, 1.54) is 19.2 Å². The summed E-state index contributed by atoms with van der Waals surface area (Å²) in [5.41, 5.74) is 5.73. The number of Topliss-reactive ketones (excluding diaryl/α,β-unsaturated/α-hetero) is 1. The van der Waals surface area contributed by atoms with Crippen LogP contribution in [0.5, 0.6) is 28.7 Å². The molecule has 39 heavy (non-hydrogen) atoms. The number of rotatable bonds is 8. The number of ether oxygens (including phenoxy) is 2. The highest BCUT2D eigenvalue weighted by Crippen LogP contribution is 2.52. The van der Waals surface area contributed by atoms with Gasteiger partial charge in [0.25, 0.3) is 0 Å². The fraction of sp³-hybridized carbons (Fsp3) is 0.258. The van der Waals surface area contributed by atoms with Crippen LogP contribution in [0, 0.1) is 0 Å². The minimum atomic E-state index is -0.641. The minimum Gasteiger partial charge on any atom is -0.508 e. The molecule has 0 fully saturated rings. The monoisotopic (exact) mass is 529 g/mol. The Morgan fingerprint density at radius 1 is 1.03 bits per heavy atom. The average molecular weight is 530 g/mol. The number of benzene rings is 3. The van der Waals surface area contributed by atoms with Gasteiger partial charge in [-0.3, -0.25) is 4.79 Å². The first-order valence-electron chi connectivity index (χ1n) is 12.9. The number of nitrogens with one attached hydrogen (secondary N) is 1. The summed E-state index contributed by atoms with van der Waals surface area (Å²) in [4.78, 5) is 16.5. The molecule has 8 nitrogen and oxygen atoms in total. The van der Waals surface area contributed by atoms with Gasteiger partial charge in [0.1, 0.15) is 23.2 Å². The van der Waals surface area contributed by atoms with E-state index in [1.807, 2.05) is 37.3 Å². The quantitative estimate of drug-likeness (QED) is 0.208. The maximum atomic E-state index is 13.2. The third-order valence-electron chi connectivity index (χ3n) is 7.23. The van der Waals surface area contributed by atoms with Gasteiger partial charge >= 0.3 is 0 Å². The smallest absolute Gasteiger partial charge is 0.204 e. The van der Waals surface area contributed by atoms with Gasteiger partial charge in [-0.25, -0.2) is 0 Å². The van der Waals surface area contributed by atoms with Gasteiger partial charge in [0.05, 0.1) is 20.1 Å². The molecule has 1 unspecified atom stereocenters. The summed E-state index contributed by atoms with van der Waals surface area (Å²) in [6, 6.07) is 16.4. The van der Waals surface area contributed by atoms with Crippen LogP contribution in [0.2, 0.25) is 0 Å². The van der Waals surface area contributed by atoms with Crippen molar-refractivity contribution in [3.05, 3.63) is 88.2 Å². The average Bonchev–Trinajstić information content (AvgIpc) is 3.37. The topological polar surface area (TPSA) is 132 Å². The second kappa shape index (κ2) is 10.7. The van der Waals surface area contributed by atoms with E-state index in [0.29, 0.717) is 24.0 Å². The number of aliphatic hydroxyl groups is 1. The summed E-state index contributed by atoms with van der Waals surface area (Å²) in [6.45, 7) is 1.95. The molecule has 1 aliphatic heterocycles. The van der Waals surface area contributed by atoms with Crippen molar-refractivity contribution in [2.24, 2.45) is 0 Å². The Hall–Kier alpha value is -4.43. The molecule has 2 heterocycles. The zero-order chi connectivity index (χ0) is 27.7. The number of H-pyrrole nitrogens is 1. The normalized spacial score (nSPS) is 14.6. The zero-order valence-corrected chi connectivity index (χ0v) is 21.8. The fourth-order valence-corrected chi connectivity index (χ4v) is 5.17. The number of methoxy groups -OCH3 is 1. The maximum Gasteiger partial charge on any atom is 0.204 e. The Morgan fingerprint density at radius 2 is 1.79 bits per heavy atom. The first-order valence-corrected chi connectivity index (χ1v) is 12.9. The molecule has 5 rings (SSSR count). The van der Waals surface area contributed by atoms with Crippen LogP contribution in [0.1, 0.15) is 57.9 Å². The summed E-state index contributed by atoms with van der Waals surface area (Å²) in [5, 5.41) is 41.3. The Balaban J connectivity index is 1.50. The summed E-state index contributed by atoms with van der Waals surface area (Å²) in [7, 11) is 1.32. The highest BCUT2D eigenvalue weighted by molar-refractivity contribution is 6.04. The standard InChI is InChI=1S/C31H31NO7/c1-3-20-14-23(24(16-33)32-20)19-6-4-5-17(13-19)7-12-22-28(36)31(38-2)29(37)27-25(35)15-26(39-30(22)27)18-8-10-21(34)11-9-18/h4-6,8-11,13-14,26,32-34,36-37H,3,7,12,15-16H2,1-2H3. The molecule has 1 aromatic heterocycles. The number of aromatic nitrogens is 1. The largest absolute Gasteiger partial charge is 0.508 e. The van der Waals surface area contributed by atoms with E-state index in [-0.39, 0.29) is 47.4 Å². The van der Waals surface area contributed by atoms with Crippen molar-refractivity contribution in [1.82, 2.24) is 4.98 Å². The minimum absolute atomic E-state index is 0.00423. The van der Waals surface area contributed by atoms with Gasteiger partial charge in [0, 0.05) is 22.5 Å². The molecule has 0 radical (unpaired) electrons. The molecular weight excluding hydrogens is 498 g/mol. The van der Waals surface area contributed by atoms with E-state index in [4.69, 9.17) is 9.47 Å². The molecule has 0 saturated carbocycles. The summed E-state index contributed by atoms with van der Waals surface area (Å²) in [5.74, 6) is -0.975. The lowest BCUT2D eigenvalue weighted by atomic mass is 9.90. The molecule has 0 aliphatic carbocycles. The van der Waals surface area contributed by atoms with Crippen molar-refractivity contribution in [1.29, 1.82) is 0 Å². The molecule has 1 aliphatic rings. The summed E-state index contributed by atoms with van der Waals surface area (Å²) >= 11 is 0. The third kappa shape index (κ3) is 4.91. The van der Waals surface area contributed by atoms with Gasteiger partial charge in [0.15, 0.2) is 17.3 Å². The second-order valence-corrected chi connectivity index (χ2v) is 9.64. The molecule has 5 N–H and O–H groups in total. The zero-order valence-electron chi connectivity index (χ0n) is 21.8. The SMILES string of the molecule is CCc1cc(-c2cccc(CCc3c(O)c(OC)c(O)c4c3OC(c3ccc(O)cc3)CC4=O)c2)c(CO)[nH]1. The number of phenols is 3. The molecular formula is C31H31NO7. The number of hydrogen-bond donors (Lipinski definition) is 5. The summed E-state index contributed by atoms with van der Waals surface area (Å²) in [6.07, 6.45) is 0.985. The highest BCUT2D eigenvalue weighted by Gasteiger charge is 2.36. The Labute approximate surface area is 226 Å². The number of carbonyl (C=O) groups is 1. The molecule has 3 aromatic carbocycles.